The third-order valence-corrected chi connectivity index (χ3v) is 2.47. The molecule has 4 N–H and O–H groups in total. The lowest BCUT2D eigenvalue weighted by Gasteiger charge is -2.32. The Morgan fingerprint density at radius 3 is 2.05 bits per heavy atom. The van der Waals surface area contributed by atoms with Gasteiger partial charge in [-0.3, -0.25) is 0 Å². The minimum absolute atomic E-state index is 0.284. The molecule has 0 saturated heterocycles. The van der Waals surface area contributed by atoms with Crippen LogP contribution in [0.1, 0.15) is 0 Å². The van der Waals surface area contributed by atoms with Crippen LogP contribution in [0, 0.1) is 0 Å². The third kappa shape index (κ3) is 3.58. The number of aliphatic hydroxyl groups is 2. The molecule has 0 spiro atoms. The van der Waals surface area contributed by atoms with Crippen LogP contribution in [0.5, 0.6) is 0 Å². The molecule has 0 aliphatic carbocycles. The maximum absolute atomic E-state index is 12.7. The van der Waals surface area contributed by atoms with Crippen LogP contribution < -0.4 is 10.6 Å². The summed E-state index contributed by atoms with van der Waals surface area (Å²) in [7, 11) is 0. The molecule has 1 aromatic rings. The van der Waals surface area contributed by atoms with Gasteiger partial charge in [-0.05, 0) is 12.1 Å². The summed E-state index contributed by atoms with van der Waals surface area (Å²) in [5.41, 5.74) is -2.79. The van der Waals surface area contributed by atoms with Gasteiger partial charge in [0.2, 0.25) is 0 Å². The lowest BCUT2D eigenvalue weighted by atomic mass is 10.0. The highest BCUT2D eigenvalue weighted by Crippen LogP contribution is 2.29. The van der Waals surface area contributed by atoms with E-state index in [1.807, 2.05) is 0 Å². The molecule has 8 heteroatoms. The Hall–Kier alpha value is -1.80. The fourth-order valence-electron chi connectivity index (χ4n) is 1.28. The van der Waals surface area contributed by atoms with Gasteiger partial charge < -0.3 is 20.8 Å². The number of carbonyl (C=O) groups excluding carboxylic acids is 1. The first kappa shape index (κ1) is 15.3. The second kappa shape index (κ2) is 5.89. The molecular weight excluding hydrogens is 265 g/mol. The number of halogens is 3. The molecule has 1 rings (SSSR count). The van der Waals surface area contributed by atoms with E-state index in [-0.39, 0.29) is 5.69 Å². The Kier molecular flexibility index (Phi) is 4.73. The Bertz CT molecular complexity index is 419. The van der Waals surface area contributed by atoms with Crippen molar-refractivity contribution in [3.8, 4) is 0 Å². The molecule has 106 valence electrons. The number of nitrogens with one attached hydrogen (secondary N) is 2. The Morgan fingerprint density at radius 1 is 1.11 bits per heavy atom. The predicted molar refractivity (Wildman–Crippen MR) is 61.6 cm³/mol. The van der Waals surface area contributed by atoms with Crippen LogP contribution in [0.4, 0.5) is 23.7 Å². The highest BCUT2D eigenvalue weighted by atomic mass is 19.4. The topological polar surface area (TPSA) is 81.6 Å². The number of aliphatic hydroxyl groups excluding tert-OH is 2. The molecule has 0 aliphatic heterocycles. The number of para-hydroxylation sites is 1. The van der Waals surface area contributed by atoms with Crippen LogP contribution >= 0.6 is 0 Å². The van der Waals surface area contributed by atoms with Gasteiger partial charge in [-0.15, -0.1) is 0 Å². The summed E-state index contributed by atoms with van der Waals surface area (Å²) in [5.74, 6) is 0. The minimum Gasteiger partial charge on any atom is -0.393 e. The molecule has 5 nitrogen and oxygen atoms in total. The number of alkyl halides is 3. The predicted octanol–water partition coefficient (Wildman–Crippen LogP) is 1.09. The lowest BCUT2D eigenvalue weighted by molar-refractivity contribution is -0.212. The van der Waals surface area contributed by atoms with Crippen molar-refractivity contribution in [2.45, 2.75) is 11.7 Å². The summed E-state index contributed by atoms with van der Waals surface area (Å²) in [4.78, 5) is 11.4. The van der Waals surface area contributed by atoms with Gasteiger partial charge in [0.05, 0.1) is 13.2 Å². The number of urea groups is 1. The van der Waals surface area contributed by atoms with Crippen molar-refractivity contribution in [1.82, 2.24) is 5.32 Å². The van der Waals surface area contributed by atoms with E-state index < -0.39 is 31.0 Å². The SMILES string of the molecule is O=C(Nc1ccccc1)NC(CO)(CO)C(F)(F)F. The summed E-state index contributed by atoms with van der Waals surface area (Å²) >= 11 is 0. The zero-order chi connectivity index (χ0) is 14.5. The third-order valence-electron chi connectivity index (χ3n) is 2.47. The number of benzene rings is 1. The smallest absolute Gasteiger partial charge is 0.393 e. The van der Waals surface area contributed by atoms with Gasteiger partial charge in [-0.2, -0.15) is 13.2 Å². The average molecular weight is 278 g/mol. The summed E-state index contributed by atoms with van der Waals surface area (Å²) in [6, 6.07) is 6.63. The van der Waals surface area contributed by atoms with Gasteiger partial charge in [-0.25, -0.2) is 4.79 Å². The van der Waals surface area contributed by atoms with Crippen molar-refractivity contribution < 1.29 is 28.2 Å². The molecule has 1 aromatic carbocycles. The lowest BCUT2D eigenvalue weighted by Crippen LogP contribution is -2.64. The average Bonchev–Trinajstić information content (AvgIpc) is 2.35. The highest BCUT2D eigenvalue weighted by molar-refractivity contribution is 5.89. The normalized spacial score (nSPS) is 12.1. The number of hydrogen-bond acceptors (Lipinski definition) is 3. The van der Waals surface area contributed by atoms with E-state index in [2.05, 4.69) is 5.32 Å². The first-order chi connectivity index (χ1) is 8.84. The molecule has 0 fully saturated rings. The molecule has 0 atom stereocenters. The molecule has 2 amide bonds. The molecule has 0 heterocycles. The largest absolute Gasteiger partial charge is 0.416 e. The number of amides is 2. The summed E-state index contributed by atoms with van der Waals surface area (Å²) < 4.78 is 38.1. The summed E-state index contributed by atoms with van der Waals surface area (Å²) in [6.07, 6.45) is -4.98. The maximum Gasteiger partial charge on any atom is 0.416 e. The van der Waals surface area contributed by atoms with E-state index in [0.717, 1.165) is 0 Å². The van der Waals surface area contributed by atoms with Gasteiger partial charge in [0.1, 0.15) is 0 Å². The van der Waals surface area contributed by atoms with Crippen molar-refractivity contribution in [2.75, 3.05) is 18.5 Å². The fraction of sp³-hybridized carbons (Fsp3) is 0.364. The molecular formula is C11H13F3N2O3. The maximum atomic E-state index is 12.7. The zero-order valence-electron chi connectivity index (χ0n) is 9.74. The van der Waals surface area contributed by atoms with Crippen molar-refractivity contribution in [3.05, 3.63) is 30.3 Å². The van der Waals surface area contributed by atoms with Crippen LogP contribution in [0.25, 0.3) is 0 Å². The van der Waals surface area contributed by atoms with E-state index in [1.54, 1.807) is 23.5 Å². The second-order valence-electron chi connectivity index (χ2n) is 3.84. The van der Waals surface area contributed by atoms with E-state index in [9.17, 15) is 18.0 Å². The Morgan fingerprint density at radius 2 is 1.63 bits per heavy atom. The zero-order valence-corrected chi connectivity index (χ0v) is 9.74. The van der Waals surface area contributed by atoms with Crippen molar-refractivity contribution in [2.24, 2.45) is 0 Å². The molecule has 19 heavy (non-hydrogen) atoms. The van der Waals surface area contributed by atoms with Crippen molar-refractivity contribution in [1.29, 1.82) is 0 Å². The van der Waals surface area contributed by atoms with Crippen molar-refractivity contribution >= 4 is 11.7 Å². The first-order valence-corrected chi connectivity index (χ1v) is 5.27. The van der Waals surface area contributed by atoms with Gasteiger partial charge >= 0.3 is 12.2 Å². The van der Waals surface area contributed by atoms with E-state index in [4.69, 9.17) is 10.2 Å². The standard InChI is InChI=1S/C11H13F3N2O3/c12-11(13,14)10(6-17,7-18)16-9(19)15-8-4-2-1-3-5-8/h1-5,17-18H,6-7H2,(H2,15,16,19). The molecule has 0 bridgehead atoms. The number of hydrogen-bond donors (Lipinski definition) is 4. The Balaban J connectivity index is 2.78. The van der Waals surface area contributed by atoms with E-state index in [1.165, 1.54) is 12.1 Å². The van der Waals surface area contributed by atoms with Crippen LogP contribution in [-0.2, 0) is 0 Å². The quantitative estimate of drug-likeness (QED) is 0.665. The first-order valence-electron chi connectivity index (χ1n) is 5.27. The van der Waals surface area contributed by atoms with Crippen LogP contribution in [-0.4, -0.2) is 41.2 Å². The fourth-order valence-corrected chi connectivity index (χ4v) is 1.28. The molecule has 0 aliphatic rings. The van der Waals surface area contributed by atoms with Crippen LogP contribution in [0.2, 0.25) is 0 Å². The van der Waals surface area contributed by atoms with Gasteiger partial charge in [0.15, 0.2) is 5.54 Å². The highest BCUT2D eigenvalue weighted by Gasteiger charge is 2.55. The number of rotatable bonds is 4. The van der Waals surface area contributed by atoms with Crippen molar-refractivity contribution in [3.63, 3.8) is 0 Å². The minimum atomic E-state index is -4.98. The number of anilines is 1. The van der Waals surface area contributed by atoms with E-state index in [0.29, 0.717) is 0 Å². The van der Waals surface area contributed by atoms with Gasteiger partial charge in [-0.1, -0.05) is 18.2 Å². The molecule has 0 saturated carbocycles. The van der Waals surface area contributed by atoms with Gasteiger partial charge in [0, 0.05) is 5.69 Å². The molecule has 0 aromatic heterocycles. The molecule has 0 unspecified atom stereocenters. The summed E-state index contributed by atoms with van der Waals surface area (Å²) in [5, 5.41) is 21.3. The summed E-state index contributed by atoms with van der Waals surface area (Å²) in [6.45, 7) is -2.93. The Labute approximate surface area is 107 Å². The monoisotopic (exact) mass is 278 g/mol. The van der Waals surface area contributed by atoms with Gasteiger partial charge in [0.25, 0.3) is 0 Å². The molecule has 0 radical (unpaired) electrons. The van der Waals surface area contributed by atoms with Crippen LogP contribution in [0.3, 0.4) is 0 Å². The number of carbonyl (C=O) groups is 1. The van der Waals surface area contributed by atoms with E-state index >= 15 is 0 Å². The second-order valence-corrected chi connectivity index (χ2v) is 3.84. The van der Waals surface area contributed by atoms with Crippen LogP contribution in [0.15, 0.2) is 30.3 Å².